The topological polar surface area (TPSA) is 77.2 Å². The van der Waals surface area contributed by atoms with Crippen molar-refractivity contribution in [2.24, 2.45) is 5.73 Å². The molecule has 0 amide bonds. The number of ketones is 3. The van der Waals surface area contributed by atoms with E-state index >= 15 is 0 Å². The zero-order valence-corrected chi connectivity index (χ0v) is 9.34. The highest BCUT2D eigenvalue weighted by Gasteiger charge is 2.37. The van der Waals surface area contributed by atoms with E-state index in [1.807, 2.05) is 0 Å². The van der Waals surface area contributed by atoms with E-state index in [4.69, 9.17) is 5.73 Å². The number of benzene rings is 1. The molecule has 1 unspecified atom stereocenters. The lowest BCUT2D eigenvalue weighted by Crippen LogP contribution is -2.40. The lowest BCUT2D eigenvalue weighted by Gasteiger charge is -2.24. The molecule has 1 atom stereocenters. The minimum absolute atomic E-state index is 0.117. The Morgan fingerprint density at radius 2 is 1.50 bits per heavy atom. The summed E-state index contributed by atoms with van der Waals surface area (Å²) in [5.41, 5.74) is 6.76. The molecule has 1 aromatic rings. The van der Waals surface area contributed by atoms with Crippen molar-refractivity contribution < 1.29 is 14.4 Å². The van der Waals surface area contributed by atoms with Crippen LogP contribution in [0, 0.1) is 0 Å². The number of fused-ring (bicyclic) bond motifs is 1. The first-order chi connectivity index (χ1) is 8.61. The highest BCUT2D eigenvalue weighted by Crippen LogP contribution is 2.30. The lowest BCUT2D eigenvalue weighted by atomic mass is 9.78. The highest BCUT2D eigenvalue weighted by atomic mass is 16.1. The van der Waals surface area contributed by atoms with Crippen molar-refractivity contribution >= 4 is 17.3 Å². The van der Waals surface area contributed by atoms with Crippen LogP contribution in [0.2, 0.25) is 0 Å². The van der Waals surface area contributed by atoms with E-state index in [1.165, 1.54) is 12.2 Å². The smallest absolute Gasteiger partial charge is 0.194 e. The van der Waals surface area contributed by atoms with Crippen molar-refractivity contribution in [2.45, 2.75) is 6.04 Å². The summed E-state index contributed by atoms with van der Waals surface area (Å²) in [5.74, 6) is -0.931. The standard InChI is InChI=1S/C14H9NO3/c15-12-10(16)6-5-9-11(12)14(18)8-4-2-1-3-7(8)13(9)17/h1-6,12H,15H2. The van der Waals surface area contributed by atoms with Gasteiger partial charge in [-0.3, -0.25) is 14.4 Å². The summed E-state index contributed by atoms with van der Waals surface area (Å²) in [4.78, 5) is 36.0. The van der Waals surface area contributed by atoms with Gasteiger partial charge in [0.15, 0.2) is 17.3 Å². The first-order valence-corrected chi connectivity index (χ1v) is 5.51. The second-order valence-corrected chi connectivity index (χ2v) is 4.24. The molecule has 0 aromatic heterocycles. The van der Waals surface area contributed by atoms with Crippen LogP contribution in [0.25, 0.3) is 0 Å². The Hall–Kier alpha value is -2.33. The van der Waals surface area contributed by atoms with Crippen LogP contribution in [0.1, 0.15) is 20.7 Å². The quantitative estimate of drug-likeness (QED) is 0.727. The molecule has 2 aliphatic rings. The largest absolute Gasteiger partial charge is 0.317 e. The zero-order chi connectivity index (χ0) is 12.9. The molecule has 0 fully saturated rings. The van der Waals surface area contributed by atoms with Crippen LogP contribution in [0.3, 0.4) is 0 Å². The molecule has 1 aromatic carbocycles. The van der Waals surface area contributed by atoms with Crippen molar-refractivity contribution in [3.8, 4) is 0 Å². The monoisotopic (exact) mass is 239 g/mol. The van der Waals surface area contributed by atoms with Gasteiger partial charge in [0, 0.05) is 22.3 Å². The van der Waals surface area contributed by atoms with Gasteiger partial charge in [-0.15, -0.1) is 0 Å². The highest BCUT2D eigenvalue weighted by molar-refractivity contribution is 6.31. The van der Waals surface area contributed by atoms with Crippen molar-refractivity contribution in [1.29, 1.82) is 0 Å². The maximum Gasteiger partial charge on any atom is 0.194 e. The zero-order valence-electron chi connectivity index (χ0n) is 9.34. The van der Waals surface area contributed by atoms with Gasteiger partial charge >= 0.3 is 0 Å². The lowest BCUT2D eigenvalue weighted by molar-refractivity contribution is -0.115. The fourth-order valence-electron chi connectivity index (χ4n) is 2.30. The van der Waals surface area contributed by atoms with Crippen LogP contribution in [0.5, 0.6) is 0 Å². The second kappa shape index (κ2) is 3.58. The number of rotatable bonds is 0. The van der Waals surface area contributed by atoms with Crippen LogP contribution in [0.4, 0.5) is 0 Å². The maximum absolute atomic E-state index is 12.3. The van der Waals surface area contributed by atoms with Crippen molar-refractivity contribution in [3.63, 3.8) is 0 Å². The van der Waals surface area contributed by atoms with E-state index in [9.17, 15) is 14.4 Å². The number of carbonyl (C=O) groups excluding carboxylic acids is 3. The molecule has 2 N–H and O–H groups in total. The molecule has 0 aliphatic heterocycles. The third-order valence-corrected chi connectivity index (χ3v) is 3.23. The summed E-state index contributed by atoms with van der Waals surface area (Å²) in [6.45, 7) is 0. The fourth-order valence-corrected chi connectivity index (χ4v) is 2.30. The molecule has 88 valence electrons. The van der Waals surface area contributed by atoms with E-state index in [0.717, 1.165) is 0 Å². The number of hydrogen-bond acceptors (Lipinski definition) is 4. The van der Waals surface area contributed by atoms with E-state index in [1.54, 1.807) is 24.3 Å². The molecule has 2 aliphatic carbocycles. The Labute approximate surface area is 103 Å². The maximum atomic E-state index is 12.3. The number of carbonyl (C=O) groups is 3. The van der Waals surface area contributed by atoms with Crippen LogP contribution in [0.15, 0.2) is 47.6 Å². The molecule has 3 rings (SSSR count). The number of nitrogens with two attached hydrogens (primary N) is 1. The SMILES string of the molecule is NC1C(=O)C=CC2=C1C(=O)c1ccccc1C2=O. The Morgan fingerprint density at radius 3 is 2.17 bits per heavy atom. The predicted molar refractivity (Wildman–Crippen MR) is 64.3 cm³/mol. The van der Waals surface area contributed by atoms with E-state index in [2.05, 4.69) is 0 Å². The normalized spacial score (nSPS) is 22.1. The second-order valence-electron chi connectivity index (χ2n) is 4.24. The van der Waals surface area contributed by atoms with Crippen molar-refractivity contribution in [3.05, 3.63) is 58.7 Å². The van der Waals surface area contributed by atoms with Gasteiger partial charge in [0.25, 0.3) is 0 Å². The van der Waals surface area contributed by atoms with Crippen LogP contribution in [-0.4, -0.2) is 23.4 Å². The van der Waals surface area contributed by atoms with Gasteiger partial charge in [-0.05, 0) is 12.2 Å². The summed E-state index contributed by atoms with van der Waals surface area (Å²) >= 11 is 0. The minimum Gasteiger partial charge on any atom is -0.317 e. The van der Waals surface area contributed by atoms with Crippen molar-refractivity contribution in [2.75, 3.05) is 0 Å². The number of Topliss-reactive ketones (excluding diaryl/α,β-unsaturated/α-hetero) is 2. The first-order valence-electron chi connectivity index (χ1n) is 5.51. The van der Waals surface area contributed by atoms with Gasteiger partial charge in [-0.1, -0.05) is 24.3 Å². The average Bonchev–Trinajstić information content (AvgIpc) is 2.39. The molecule has 0 spiro atoms. The molecule has 18 heavy (non-hydrogen) atoms. The predicted octanol–water partition coefficient (Wildman–Crippen LogP) is 0.828. The molecule has 0 radical (unpaired) electrons. The Balaban J connectivity index is 2.28. The van der Waals surface area contributed by atoms with Crippen LogP contribution < -0.4 is 5.73 Å². The van der Waals surface area contributed by atoms with Gasteiger partial charge < -0.3 is 5.73 Å². The summed E-state index contributed by atoms with van der Waals surface area (Å²) in [6, 6.07) is 5.54. The molecule has 0 bridgehead atoms. The molecular formula is C14H9NO3. The number of hydrogen-bond donors (Lipinski definition) is 1. The van der Waals surface area contributed by atoms with E-state index in [-0.39, 0.29) is 28.5 Å². The van der Waals surface area contributed by atoms with Gasteiger partial charge in [0.05, 0.1) is 6.04 Å². The molecule has 4 nitrogen and oxygen atoms in total. The summed E-state index contributed by atoms with van der Waals surface area (Å²) in [5, 5.41) is 0. The summed E-state index contributed by atoms with van der Waals surface area (Å²) in [7, 11) is 0. The minimum atomic E-state index is -1.03. The van der Waals surface area contributed by atoms with E-state index in [0.29, 0.717) is 11.1 Å². The molecular weight excluding hydrogens is 230 g/mol. The fraction of sp³-hybridized carbons (Fsp3) is 0.0714. The summed E-state index contributed by atoms with van der Waals surface area (Å²) < 4.78 is 0. The molecule has 0 saturated carbocycles. The van der Waals surface area contributed by atoms with Gasteiger partial charge in [-0.25, -0.2) is 0 Å². The number of allylic oxidation sites excluding steroid dienone is 2. The third kappa shape index (κ3) is 1.26. The Morgan fingerprint density at radius 1 is 0.889 bits per heavy atom. The molecule has 0 saturated heterocycles. The van der Waals surface area contributed by atoms with Crippen LogP contribution >= 0.6 is 0 Å². The molecule has 4 heteroatoms. The van der Waals surface area contributed by atoms with Gasteiger partial charge in [-0.2, -0.15) is 0 Å². The first kappa shape index (κ1) is 10.8. The van der Waals surface area contributed by atoms with Gasteiger partial charge in [0.2, 0.25) is 0 Å². The Kier molecular flexibility index (Phi) is 2.15. The summed E-state index contributed by atoms with van der Waals surface area (Å²) in [6.07, 6.45) is 2.64. The Bertz CT molecular complexity index is 667. The van der Waals surface area contributed by atoms with Gasteiger partial charge in [0.1, 0.15) is 0 Å². The van der Waals surface area contributed by atoms with Crippen molar-refractivity contribution in [1.82, 2.24) is 0 Å². The average molecular weight is 239 g/mol. The van der Waals surface area contributed by atoms with Crippen LogP contribution in [-0.2, 0) is 4.79 Å². The third-order valence-electron chi connectivity index (χ3n) is 3.23. The molecule has 0 heterocycles. The van der Waals surface area contributed by atoms with E-state index < -0.39 is 6.04 Å².